The predicted molar refractivity (Wildman–Crippen MR) is 120 cm³/mol. The number of fused-ring (bicyclic) bond motifs is 1. The van der Waals surface area contributed by atoms with Gasteiger partial charge in [0.25, 0.3) is 5.91 Å². The molecule has 0 aliphatic carbocycles. The van der Waals surface area contributed by atoms with Crippen molar-refractivity contribution in [2.75, 3.05) is 18.6 Å². The van der Waals surface area contributed by atoms with Gasteiger partial charge in [0.15, 0.2) is 0 Å². The van der Waals surface area contributed by atoms with E-state index in [1.165, 1.54) is 24.3 Å². The van der Waals surface area contributed by atoms with Gasteiger partial charge in [0.2, 0.25) is 10.0 Å². The average molecular weight is 457 g/mol. The molecule has 4 rings (SSSR count). The van der Waals surface area contributed by atoms with Crippen molar-refractivity contribution in [1.82, 2.24) is 4.72 Å². The molecule has 1 N–H and O–H groups in total. The van der Waals surface area contributed by atoms with E-state index in [1.807, 2.05) is 18.2 Å². The molecule has 1 amide bonds. The Morgan fingerprint density at radius 1 is 1.06 bits per heavy atom. The van der Waals surface area contributed by atoms with Crippen LogP contribution in [0.25, 0.3) is 0 Å². The summed E-state index contributed by atoms with van der Waals surface area (Å²) in [6.07, 6.45) is 0.758. The first kappa shape index (κ1) is 21.4. The molecule has 0 saturated heterocycles. The zero-order valence-electron chi connectivity index (χ0n) is 16.8. The fraction of sp³-hybridized carbons (Fsp3) is 0.174. The van der Waals surface area contributed by atoms with E-state index in [9.17, 15) is 13.2 Å². The monoisotopic (exact) mass is 456 g/mol. The Labute approximate surface area is 186 Å². The van der Waals surface area contributed by atoms with Gasteiger partial charge in [-0.2, -0.15) is 0 Å². The quantitative estimate of drug-likeness (QED) is 0.607. The first-order valence-corrected chi connectivity index (χ1v) is 11.6. The molecule has 0 radical (unpaired) electrons. The number of nitrogens with zero attached hydrogens (tertiary/aromatic N) is 1. The largest absolute Gasteiger partial charge is 0.497 e. The van der Waals surface area contributed by atoms with Crippen molar-refractivity contribution in [3.05, 3.63) is 88.4 Å². The summed E-state index contributed by atoms with van der Waals surface area (Å²) in [4.78, 5) is 14.9. The maximum absolute atomic E-state index is 13.0. The van der Waals surface area contributed by atoms with E-state index < -0.39 is 10.0 Å². The third-order valence-corrected chi connectivity index (χ3v) is 6.89. The van der Waals surface area contributed by atoms with Crippen LogP contribution in [0.5, 0.6) is 5.75 Å². The molecule has 1 aliphatic rings. The van der Waals surface area contributed by atoms with Gasteiger partial charge in [-0.15, -0.1) is 0 Å². The molecule has 0 atom stereocenters. The van der Waals surface area contributed by atoms with Gasteiger partial charge in [-0.3, -0.25) is 4.79 Å². The van der Waals surface area contributed by atoms with Gasteiger partial charge in [0, 0.05) is 29.4 Å². The fourth-order valence-electron chi connectivity index (χ4n) is 3.51. The van der Waals surface area contributed by atoms with E-state index in [0.29, 0.717) is 22.9 Å². The van der Waals surface area contributed by atoms with E-state index >= 15 is 0 Å². The minimum absolute atomic E-state index is 0.0969. The minimum Gasteiger partial charge on any atom is -0.497 e. The molecule has 3 aromatic carbocycles. The normalized spacial score (nSPS) is 13.2. The lowest BCUT2D eigenvalue weighted by Crippen LogP contribution is -2.29. The summed E-state index contributed by atoms with van der Waals surface area (Å²) in [7, 11) is -2.09. The second kappa shape index (κ2) is 8.70. The summed E-state index contributed by atoms with van der Waals surface area (Å²) in [5.41, 5.74) is 3.21. The Morgan fingerprint density at radius 2 is 1.77 bits per heavy atom. The first-order valence-electron chi connectivity index (χ1n) is 9.70. The summed E-state index contributed by atoms with van der Waals surface area (Å²) < 4.78 is 32.8. The Hall–Kier alpha value is -2.87. The highest BCUT2D eigenvalue weighted by atomic mass is 35.5. The maximum Gasteiger partial charge on any atom is 0.258 e. The van der Waals surface area contributed by atoms with Crippen LogP contribution in [0, 0.1) is 0 Å². The van der Waals surface area contributed by atoms with Gasteiger partial charge in [-0.1, -0.05) is 23.7 Å². The molecule has 3 aromatic rings. The number of nitrogens with one attached hydrogen (secondary N) is 1. The molecule has 0 spiro atoms. The lowest BCUT2D eigenvalue weighted by molar-refractivity contribution is 0.0989. The molecule has 0 fully saturated rings. The van der Waals surface area contributed by atoms with Gasteiger partial charge in [-0.25, -0.2) is 13.1 Å². The first-order chi connectivity index (χ1) is 14.9. The molecular weight excluding hydrogens is 436 g/mol. The minimum atomic E-state index is -3.67. The molecule has 6 nitrogen and oxygen atoms in total. The number of carbonyl (C=O) groups excluding carboxylic acids is 1. The molecule has 0 aromatic heterocycles. The molecule has 0 unspecified atom stereocenters. The van der Waals surface area contributed by atoms with Gasteiger partial charge < -0.3 is 9.64 Å². The van der Waals surface area contributed by atoms with Crippen molar-refractivity contribution in [3.8, 4) is 5.75 Å². The lowest BCUT2D eigenvalue weighted by Gasteiger charge is -2.18. The average Bonchev–Trinajstić information content (AvgIpc) is 3.21. The SMILES string of the molecule is COc1ccc(C(=O)N2CCc3ccc(CNS(=O)(=O)c4ccc(Cl)cc4)cc32)cc1. The number of rotatable bonds is 6. The van der Waals surface area contributed by atoms with Crippen molar-refractivity contribution in [3.63, 3.8) is 0 Å². The lowest BCUT2D eigenvalue weighted by atomic mass is 10.1. The number of halogens is 1. The van der Waals surface area contributed by atoms with E-state index in [2.05, 4.69) is 4.72 Å². The van der Waals surface area contributed by atoms with Crippen LogP contribution in [0.15, 0.2) is 71.6 Å². The van der Waals surface area contributed by atoms with Crippen LogP contribution in [0.1, 0.15) is 21.5 Å². The van der Waals surface area contributed by atoms with Crippen molar-refractivity contribution in [1.29, 1.82) is 0 Å². The standard InChI is InChI=1S/C23H21ClN2O4S/c1-30-20-8-4-18(5-9-20)23(27)26-13-12-17-3-2-16(14-22(17)26)15-25-31(28,29)21-10-6-19(24)7-11-21/h2-11,14,25H,12-13,15H2,1H3. The highest BCUT2D eigenvalue weighted by molar-refractivity contribution is 7.89. The van der Waals surface area contributed by atoms with Crippen LogP contribution in [-0.4, -0.2) is 28.0 Å². The molecule has 1 aliphatic heterocycles. The zero-order valence-corrected chi connectivity index (χ0v) is 18.4. The van der Waals surface area contributed by atoms with Gasteiger partial charge in [-0.05, 0) is 72.1 Å². The summed E-state index contributed by atoms with van der Waals surface area (Å²) in [6, 6.07) is 18.7. The van der Waals surface area contributed by atoms with Gasteiger partial charge in [0.1, 0.15) is 5.75 Å². The van der Waals surface area contributed by atoms with Gasteiger partial charge in [0.05, 0.1) is 12.0 Å². The second-order valence-electron chi connectivity index (χ2n) is 7.18. The Balaban J connectivity index is 1.51. The molecule has 1 heterocycles. The molecule has 8 heteroatoms. The number of benzene rings is 3. The number of sulfonamides is 1. The van der Waals surface area contributed by atoms with Crippen molar-refractivity contribution in [2.45, 2.75) is 17.9 Å². The van der Waals surface area contributed by atoms with Crippen LogP contribution >= 0.6 is 11.6 Å². The van der Waals surface area contributed by atoms with E-state index in [4.69, 9.17) is 16.3 Å². The summed E-state index contributed by atoms with van der Waals surface area (Å²) in [5.74, 6) is 0.592. The highest BCUT2D eigenvalue weighted by Crippen LogP contribution is 2.31. The molecule has 160 valence electrons. The Morgan fingerprint density at radius 3 is 2.45 bits per heavy atom. The van der Waals surface area contributed by atoms with Crippen molar-refractivity contribution in [2.24, 2.45) is 0 Å². The van der Waals surface area contributed by atoms with Crippen LogP contribution in [0.3, 0.4) is 0 Å². The number of amides is 1. The topological polar surface area (TPSA) is 75.7 Å². The van der Waals surface area contributed by atoms with Crippen LogP contribution < -0.4 is 14.4 Å². The molecular formula is C23H21ClN2O4S. The molecule has 0 saturated carbocycles. The summed E-state index contributed by atoms with van der Waals surface area (Å²) in [6.45, 7) is 0.697. The van der Waals surface area contributed by atoms with E-state index in [1.54, 1.807) is 36.3 Å². The van der Waals surface area contributed by atoms with E-state index in [0.717, 1.165) is 23.2 Å². The second-order valence-corrected chi connectivity index (χ2v) is 9.38. The maximum atomic E-state index is 13.0. The summed E-state index contributed by atoms with van der Waals surface area (Å²) >= 11 is 5.83. The zero-order chi connectivity index (χ0) is 22.0. The number of hydrogen-bond acceptors (Lipinski definition) is 4. The molecule has 31 heavy (non-hydrogen) atoms. The Bertz CT molecular complexity index is 1210. The van der Waals surface area contributed by atoms with Crippen molar-refractivity contribution < 1.29 is 17.9 Å². The number of methoxy groups -OCH3 is 1. The number of anilines is 1. The van der Waals surface area contributed by atoms with Gasteiger partial charge >= 0.3 is 0 Å². The predicted octanol–water partition coefficient (Wildman–Crippen LogP) is 4.03. The third kappa shape index (κ3) is 4.58. The van der Waals surface area contributed by atoms with Crippen LogP contribution in [0.2, 0.25) is 5.02 Å². The third-order valence-electron chi connectivity index (χ3n) is 5.22. The fourth-order valence-corrected chi connectivity index (χ4v) is 4.65. The smallest absolute Gasteiger partial charge is 0.258 e. The number of hydrogen-bond donors (Lipinski definition) is 1. The van der Waals surface area contributed by atoms with Crippen LogP contribution in [-0.2, 0) is 23.0 Å². The Kier molecular flexibility index (Phi) is 6.00. The highest BCUT2D eigenvalue weighted by Gasteiger charge is 2.26. The number of carbonyl (C=O) groups is 1. The van der Waals surface area contributed by atoms with Crippen LogP contribution in [0.4, 0.5) is 5.69 Å². The number of ether oxygens (including phenoxy) is 1. The van der Waals surface area contributed by atoms with Crippen molar-refractivity contribution >= 4 is 33.2 Å². The summed E-state index contributed by atoms with van der Waals surface area (Å²) in [5, 5.41) is 0.471. The van der Waals surface area contributed by atoms with E-state index in [-0.39, 0.29) is 17.3 Å². The molecule has 0 bridgehead atoms.